The standard InChI is InChI=1S/C11H14BrFN2O2/c1-2-3-10(11(16)15-14)17-9-5-7(12)4-8(13)6-9/h4-6,10H,2-3,14H2,1H3,(H,15,16). The molecule has 0 aliphatic heterocycles. The van der Waals surface area contributed by atoms with Crippen molar-refractivity contribution < 1.29 is 13.9 Å². The maximum Gasteiger partial charge on any atom is 0.274 e. The molecule has 17 heavy (non-hydrogen) atoms. The maximum atomic E-state index is 13.1. The highest BCUT2D eigenvalue weighted by Gasteiger charge is 2.18. The molecule has 1 unspecified atom stereocenters. The second-order valence-corrected chi connectivity index (χ2v) is 4.42. The molecule has 4 nitrogen and oxygen atoms in total. The fourth-order valence-electron chi connectivity index (χ4n) is 1.36. The van der Waals surface area contributed by atoms with Crippen LogP contribution in [0.1, 0.15) is 19.8 Å². The van der Waals surface area contributed by atoms with E-state index in [-0.39, 0.29) is 0 Å². The van der Waals surface area contributed by atoms with Gasteiger partial charge in [0.05, 0.1) is 0 Å². The van der Waals surface area contributed by atoms with Gasteiger partial charge in [-0.3, -0.25) is 10.2 Å². The van der Waals surface area contributed by atoms with Gasteiger partial charge in [0.25, 0.3) is 5.91 Å². The first-order valence-electron chi connectivity index (χ1n) is 5.20. The van der Waals surface area contributed by atoms with Crippen LogP contribution in [-0.4, -0.2) is 12.0 Å². The third-order valence-electron chi connectivity index (χ3n) is 2.10. The molecule has 1 rings (SSSR count). The number of hydrogen-bond donors (Lipinski definition) is 2. The van der Waals surface area contributed by atoms with Crippen LogP contribution in [0.15, 0.2) is 22.7 Å². The van der Waals surface area contributed by atoms with Crippen molar-refractivity contribution in [3.05, 3.63) is 28.5 Å². The van der Waals surface area contributed by atoms with Gasteiger partial charge in [-0.2, -0.15) is 0 Å². The van der Waals surface area contributed by atoms with E-state index in [0.29, 0.717) is 16.6 Å². The van der Waals surface area contributed by atoms with Gasteiger partial charge in [0, 0.05) is 10.5 Å². The number of rotatable bonds is 5. The molecule has 3 N–H and O–H groups in total. The molecule has 94 valence electrons. The number of benzene rings is 1. The van der Waals surface area contributed by atoms with E-state index in [9.17, 15) is 9.18 Å². The fourth-order valence-corrected chi connectivity index (χ4v) is 1.80. The molecule has 0 bridgehead atoms. The zero-order chi connectivity index (χ0) is 12.8. The summed E-state index contributed by atoms with van der Waals surface area (Å²) in [5.74, 6) is 4.49. The van der Waals surface area contributed by atoms with Crippen molar-refractivity contribution in [2.75, 3.05) is 0 Å². The predicted octanol–water partition coefficient (Wildman–Crippen LogP) is 2.13. The smallest absolute Gasteiger partial charge is 0.274 e. The summed E-state index contributed by atoms with van der Waals surface area (Å²) in [6, 6.07) is 4.12. The van der Waals surface area contributed by atoms with E-state index < -0.39 is 17.8 Å². The van der Waals surface area contributed by atoms with Gasteiger partial charge in [-0.15, -0.1) is 0 Å². The van der Waals surface area contributed by atoms with E-state index >= 15 is 0 Å². The Bertz CT molecular complexity index is 381. The van der Waals surface area contributed by atoms with Crippen LogP contribution in [0.3, 0.4) is 0 Å². The first-order valence-corrected chi connectivity index (χ1v) is 5.99. The molecule has 0 aliphatic carbocycles. The molecule has 1 amide bonds. The lowest BCUT2D eigenvalue weighted by atomic mass is 10.2. The molecule has 0 aromatic heterocycles. The Morgan fingerprint density at radius 2 is 2.29 bits per heavy atom. The van der Waals surface area contributed by atoms with Crippen LogP contribution in [0.4, 0.5) is 4.39 Å². The van der Waals surface area contributed by atoms with E-state index in [1.54, 1.807) is 6.07 Å². The number of hydrogen-bond acceptors (Lipinski definition) is 3. The van der Waals surface area contributed by atoms with Gasteiger partial charge in [0.2, 0.25) is 0 Å². The van der Waals surface area contributed by atoms with Crippen molar-refractivity contribution in [2.24, 2.45) is 5.84 Å². The van der Waals surface area contributed by atoms with Gasteiger partial charge in [0.15, 0.2) is 6.10 Å². The van der Waals surface area contributed by atoms with E-state index in [0.717, 1.165) is 6.42 Å². The molecule has 0 saturated heterocycles. The monoisotopic (exact) mass is 304 g/mol. The Kier molecular flexibility index (Phi) is 5.37. The van der Waals surface area contributed by atoms with Crippen LogP contribution < -0.4 is 16.0 Å². The molecular weight excluding hydrogens is 291 g/mol. The summed E-state index contributed by atoms with van der Waals surface area (Å²) in [6.07, 6.45) is 0.560. The van der Waals surface area contributed by atoms with Crippen molar-refractivity contribution in [3.8, 4) is 5.75 Å². The number of carbonyl (C=O) groups excluding carboxylic acids is 1. The van der Waals surface area contributed by atoms with Crippen molar-refractivity contribution >= 4 is 21.8 Å². The molecule has 0 fully saturated rings. The molecule has 0 heterocycles. The van der Waals surface area contributed by atoms with Crippen molar-refractivity contribution in [1.29, 1.82) is 0 Å². The number of amides is 1. The van der Waals surface area contributed by atoms with Gasteiger partial charge in [-0.1, -0.05) is 29.3 Å². The third-order valence-corrected chi connectivity index (χ3v) is 2.56. The van der Waals surface area contributed by atoms with Crippen LogP contribution in [0.5, 0.6) is 5.75 Å². The van der Waals surface area contributed by atoms with Crippen molar-refractivity contribution in [3.63, 3.8) is 0 Å². The van der Waals surface area contributed by atoms with Gasteiger partial charge in [-0.25, -0.2) is 10.2 Å². The number of hydrazine groups is 1. The highest BCUT2D eigenvalue weighted by atomic mass is 79.9. The lowest BCUT2D eigenvalue weighted by Crippen LogP contribution is -2.42. The highest BCUT2D eigenvalue weighted by Crippen LogP contribution is 2.22. The van der Waals surface area contributed by atoms with Gasteiger partial charge < -0.3 is 4.74 Å². The summed E-state index contributed by atoms with van der Waals surface area (Å²) >= 11 is 3.15. The second-order valence-electron chi connectivity index (χ2n) is 3.51. The molecular formula is C11H14BrFN2O2. The Hall–Kier alpha value is -1.14. The highest BCUT2D eigenvalue weighted by molar-refractivity contribution is 9.10. The van der Waals surface area contributed by atoms with E-state index in [4.69, 9.17) is 10.6 Å². The number of carbonyl (C=O) groups is 1. The normalized spacial score (nSPS) is 12.0. The van der Waals surface area contributed by atoms with Crippen LogP contribution >= 0.6 is 15.9 Å². The van der Waals surface area contributed by atoms with Gasteiger partial charge >= 0.3 is 0 Å². The zero-order valence-corrected chi connectivity index (χ0v) is 11.0. The number of halogens is 2. The minimum absolute atomic E-state index is 0.291. The van der Waals surface area contributed by atoms with Crippen molar-refractivity contribution in [1.82, 2.24) is 5.43 Å². The van der Waals surface area contributed by atoms with Crippen LogP contribution in [-0.2, 0) is 4.79 Å². The largest absolute Gasteiger partial charge is 0.480 e. The van der Waals surface area contributed by atoms with Gasteiger partial charge in [-0.05, 0) is 18.6 Å². The second kappa shape index (κ2) is 6.56. The molecule has 1 aromatic rings. The van der Waals surface area contributed by atoms with Crippen molar-refractivity contribution in [2.45, 2.75) is 25.9 Å². The molecule has 1 atom stereocenters. The lowest BCUT2D eigenvalue weighted by molar-refractivity contribution is -0.128. The zero-order valence-electron chi connectivity index (χ0n) is 9.37. The average Bonchev–Trinajstić information content (AvgIpc) is 2.26. The summed E-state index contributed by atoms with van der Waals surface area (Å²) in [7, 11) is 0. The molecule has 6 heteroatoms. The molecule has 0 aliphatic rings. The predicted molar refractivity (Wildman–Crippen MR) is 65.8 cm³/mol. The number of nitrogens with two attached hydrogens (primary N) is 1. The first-order chi connectivity index (χ1) is 8.06. The summed E-state index contributed by atoms with van der Waals surface area (Å²) in [5, 5.41) is 0. The topological polar surface area (TPSA) is 64.3 Å². The quantitative estimate of drug-likeness (QED) is 0.497. The summed E-state index contributed by atoms with van der Waals surface area (Å²) in [5.41, 5.74) is 2.03. The summed E-state index contributed by atoms with van der Waals surface area (Å²) in [6.45, 7) is 1.92. The molecule has 1 aromatic carbocycles. The number of ether oxygens (including phenoxy) is 1. The first kappa shape index (κ1) is 13.9. The molecule has 0 spiro atoms. The van der Waals surface area contributed by atoms with E-state index in [1.165, 1.54) is 12.1 Å². The Morgan fingerprint density at radius 1 is 1.59 bits per heavy atom. The van der Waals surface area contributed by atoms with Crippen LogP contribution in [0.25, 0.3) is 0 Å². The Labute approximate surface area is 107 Å². The summed E-state index contributed by atoms with van der Waals surface area (Å²) in [4.78, 5) is 11.4. The minimum Gasteiger partial charge on any atom is -0.480 e. The Morgan fingerprint density at radius 3 is 2.82 bits per heavy atom. The third kappa shape index (κ3) is 4.32. The number of nitrogens with one attached hydrogen (secondary N) is 1. The van der Waals surface area contributed by atoms with Gasteiger partial charge in [0.1, 0.15) is 11.6 Å². The van der Waals surface area contributed by atoms with E-state index in [1.807, 2.05) is 12.3 Å². The van der Waals surface area contributed by atoms with Crippen LogP contribution in [0.2, 0.25) is 0 Å². The Balaban J connectivity index is 2.81. The SMILES string of the molecule is CCCC(Oc1cc(F)cc(Br)c1)C(=O)NN. The maximum absolute atomic E-state index is 13.1. The molecule has 0 saturated carbocycles. The fraction of sp³-hybridized carbons (Fsp3) is 0.364. The van der Waals surface area contributed by atoms with E-state index in [2.05, 4.69) is 15.9 Å². The molecule has 0 radical (unpaired) electrons. The minimum atomic E-state index is -0.710. The summed E-state index contributed by atoms with van der Waals surface area (Å²) < 4.78 is 19.1. The van der Waals surface area contributed by atoms with Crippen LogP contribution in [0, 0.1) is 5.82 Å². The lowest BCUT2D eigenvalue weighted by Gasteiger charge is -2.17. The average molecular weight is 305 g/mol.